The lowest BCUT2D eigenvalue weighted by Crippen LogP contribution is -2.06. The van der Waals surface area contributed by atoms with E-state index in [0.29, 0.717) is 21.9 Å². The number of rotatable bonds is 5. The maximum Gasteiger partial charge on any atom is 0.353 e. The maximum absolute atomic E-state index is 11.8. The molecule has 2 N–H and O–H groups in total. The van der Waals surface area contributed by atoms with Gasteiger partial charge in [0.2, 0.25) is 11.6 Å². The van der Waals surface area contributed by atoms with Gasteiger partial charge < -0.3 is 10.6 Å². The van der Waals surface area contributed by atoms with Crippen LogP contribution in [0.25, 0.3) is 10.9 Å². The van der Waals surface area contributed by atoms with Crippen molar-refractivity contribution in [2.24, 2.45) is 0 Å². The highest BCUT2D eigenvalue weighted by Gasteiger charge is 2.24. The topological polar surface area (TPSA) is 106 Å². The lowest BCUT2D eigenvalue weighted by atomic mass is 10.2. The fourth-order valence-corrected chi connectivity index (χ4v) is 3.06. The second-order valence-electron chi connectivity index (χ2n) is 6.27. The molecule has 0 atom stereocenters. The molecular formula is C20H15ClN6O2. The number of anilines is 4. The van der Waals surface area contributed by atoms with Crippen LogP contribution in [0.1, 0.15) is 5.56 Å². The van der Waals surface area contributed by atoms with E-state index in [-0.39, 0.29) is 17.3 Å². The largest absolute Gasteiger partial charge is 0.353 e. The summed E-state index contributed by atoms with van der Waals surface area (Å²) in [5, 5.41) is 19.2. The molecule has 0 unspecified atom stereocenters. The number of nitrogens with zero attached hydrogens (tertiary/aromatic N) is 4. The molecule has 4 rings (SSSR count). The SMILES string of the molecule is Cc1ccc(Nc2ncnc(Nc3cccc4cccnc34)c2[N+](=O)[O-])cc1Cl. The molecule has 8 nitrogen and oxygen atoms in total. The maximum atomic E-state index is 11.8. The zero-order valence-corrected chi connectivity index (χ0v) is 16.0. The number of nitro groups is 1. The molecule has 4 aromatic rings. The van der Waals surface area contributed by atoms with Crippen molar-refractivity contribution < 1.29 is 4.92 Å². The van der Waals surface area contributed by atoms with Gasteiger partial charge in [0.15, 0.2) is 0 Å². The number of nitrogens with one attached hydrogen (secondary N) is 2. The van der Waals surface area contributed by atoms with Gasteiger partial charge in [0.05, 0.1) is 16.1 Å². The van der Waals surface area contributed by atoms with E-state index in [1.54, 1.807) is 24.4 Å². The van der Waals surface area contributed by atoms with Gasteiger partial charge in [-0.3, -0.25) is 15.1 Å². The zero-order valence-electron chi connectivity index (χ0n) is 15.3. The third-order valence-electron chi connectivity index (χ3n) is 4.33. The van der Waals surface area contributed by atoms with Crippen molar-refractivity contribution in [2.75, 3.05) is 10.6 Å². The summed E-state index contributed by atoms with van der Waals surface area (Å²) >= 11 is 6.15. The van der Waals surface area contributed by atoms with E-state index in [1.807, 2.05) is 37.3 Å². The highest BCUT2D eigenvalue weighted by molar-refractivity contribution is 6.31. The van der Waals surface area contributed by atoms with Crippen molar-refractivity contribution in [2.45, 2.75) is 6.92 Å². The van der Waals surface area contributed by atoms with Crippen LogP contribution in [0, 0.1) is 17.0 Å². The lowest BCUT2D eigenvalue weighted by molar-refractivity contribution is -0.383. The Bertz CT molecular complexity index is 1230. The molecule has 0 saturated carbocycles. The number of halogens is 1. The first-order valence-electron chi connectivity index (χ1n) is 8.66. The normalized spacial score (nSPS) is 10.7. The van der Waals surface area contributed by atoms with Gasteiger partial charge in [-0.2, -0.15) is 0 Å². The molecule has 0 saturated heterocycles. The van der Waals surface area contributed by atoms with Gasteiger partial charge in [0.1, 0.15) is 6.33 Å². The van der Waals surface area contributed by atoms with E-state index < -0.39 is 4.92 Å². The molecule has 144 valence electrons. The molecule has 0 spiro atoms. The molecule has 2 aromatic heterocycles. The van der Waals surface area contributed by atoms with Crippen molar-refractivity contribution in [3.05, 3.63) is 81.8 Å². The minimum Gasteiger partial charge on any atom is -0.334 e. The van der Waals surface area contributed by atoms with Crippen LogP contribution in [-0.4, -0.2) is 19.9 Å². The van der Waals surface area contributed by atoms with Crippen LogP contribution in [0.2, 0.25) is 5.02 Å². The summed E-state index contributed by atoms with van der Waals surface area (Å²) in [5.41, 5.74) is 2.49. The molecule has 0 amide bonds. The standard InChI is InChI=1S/C20H15ClN6O2/c1-12-7-8-14(10-15(12)21)25-19-18(27(28)29)20(24-11-23-19)26-16-6-2-4-13-5-3-9-22-17(13)16/h2-11H,1H3,(H2,23,24,25,26). The summed E-state index contributed by atoms with van der Waals surface area (Å²) in [7, 11) is 0. The van der Waals surface area contributed by atoms with Crippen LogP contribution >= 0.6 is 11.6 Å². The highest BCUT2D eigenvalue weighted by atomic mass is 35.5. The van der Waals surface area contributed by atoms with E-state index in [9.17, 15) is 10.1 Å². The third-order valence-corrected chi connectivity index (χ3v) is 4.73. The average Bonchev–Trinajstić information content (AvgIpc) is 2.71. The van der Waals surface area contributed by atoms with Crippen molar-refractivity contribution in [1.82, 2.24) is 15.0 Å². The summed E-state index contributed by atoms with van der Waals surface area (Å²) in [4.78, 5) is 23.8. The summed E-state index contributed by atoms with van der Waals surface area (Å²) in [5.74, 6) is 0.115. The van der Waals surface area contributed by atoms with Gasteiger partial charge in [0, 0.05) is 22.3 Å². The van der Waals surface area contributed by atoms with Crippen molar-refractivity contribution in [1.29, 1.82) is 0 Å². The first-order valence-corrected chi connectivity index (χ1v) is 9.04. The molecule has 29 heavy (non-hydrogen) atoms. The van der Waals surface area contributed by atoms with Gasteiger partial charge >= 0.3 is 5.69 Å². The number of benzene rings is 2. The van der Waals surface area contributed by atoms with Crippen LogP contribution in [0.15, 0.2) is 61.1 Å². The van der Waals surface area contributed by atoms with Crippen molar-refractivity contribution in [3.63, 3.8) is 0 Å². The van der Waals surface area contributed by atoms with E-state index >= 15 is 0 Å². The van der Waals surface area contributed by atoms with Crippen molar-refractivity contribution >= 4 is 51.2 Å². The Morgan fingerprint density at radius 2 is 1.76 bits per heavy atom. The van der Waals surface area contributed by atoms with Gasteiger partial charge in [-0.05, 0) is 36.8 Å². The molecule has 9 heteroatoms. The Labute approximate surface area is 170 Å². The van der Waals surface area contributed by atoms with Crippen LogP contribution in [0.3, 0.4) is 0 Å². The molecule has 0 aliphatic heterocycles. The van der Waals surface area contributed by atoms with Gasteiger partial charge in [0.25, 0.3) is 0 Å². The van der Waals surface area contributed by atoms with Crippen LogP contribution in [0.5, 0.6) is 0 Å². The second-order valence-corrected chi connectivity index (χ2v) is 6.68. The Balaban J connectivity index is 1.75. The predicted molar refractivity (Wildman–Crippen MR) is 113 cm³/mol. The molecule has 0 radical (unpaired) electrons. The molecule has 2 aromatic carbocycles. The number of aryl methyl sites for hydroxylation is 1. The zero-order chi connectivity index (χ0) is 20.4. The Morgan fingerprint density at radius 3 is 2.52 bits per heavy atom. The van der Waals surface area contributed by atoms with E-state index in [2.05, 4.69) is 25.6 Å². The number of hydrogen-bond acceptors (Lipinski definition) is 7. The summed E-state index contributed by atoms with van der Waals surface area (Å²) in [6.07, 6.45) is 2.92. The number of hydrogen-bond donors (Lipinski definition) is 2. The minimum absolute atomic E-state index is 0.0561. The second kappa shape index (κ2) is 7.69. The lowest BCUT2D eigenvalue weighted by Gasteiger charge is -2.11. The smallest absolute Gasteiger partial charge is 0.334 e. The van der Waals surface area contributed by atoms with Crippen LogP contribution < -0.4 is 10.6 Å². The monoisotopic (exact) mass is 406 g/mol. The van der Waals surface area contributed by atoms with Crippen LogP contribution in [-0.2, 0) is 0 Å². The first kappa shape index (κ1) is 18.6. The number of pyridine rings is 1. The molecule has 0 aliphatic rings. The molecule has 0 aliphatic carbocycles. The quantitative estimate of drug-likeness (QED) is 0.338. The fourth-order valence-electron chi connectivity index (χ4n) is 2.87. The van der Waals surface area contributed by atoms with E-state index in [1.165, 1.54) is 6.33 Å². The van der Waals surface area contributed by atoms with Gasteiger partial charge in [-0.15, -0.1) is 0 Å². The first-order chi connectivity index (χ1) is 14.0. The molecule has 0 fully saturated rings. The number of aromatic nitrogens is 3. The third kappa shape index (κ3) is 3.78. The summed E-state index contributed by atoms with van der Waals surface area (Å²) < 4.78 is 0. The van der Waals surface area contributed by atoms with E-state index in [0.717, 1.165) is 10.9 Å². The highest BCUT2D eigenvalue weighted by Crippen LogP contribution is 2.35. The number of fused-ring (bicyclic) bond motifs is 1. The van der Waals surface area contributed by atoms with Crippen LogP contribution in [0.4, 0.5) is 28.7 Å². The summed E-state index contributed by atoms with van der Waals surface area (Å²) in [6.45, 7) is 1.87. The Kier molecular flexibility index (Phi) is 4.92. The predicted octanol–water partition coefficient (Wildman–Crippen LogP) is 5.38. The van der Waals surface area contributed by atoms with Gasteiger partial charge in [-0.25, -0.2) is 9.97 Å². The van der Waals surface area contributed by atoms with Gasteiger partial charge in [-0.1, -0.05) is 35.9 Å². The molecule has 0 bridgehead atoms. The molecular weight excluding hydrogens is 392 g/mol. The van der Waals surface area contributed by atoms with Crippen molar-refractivity contribution in [3.8, 4) is 0 Å². The fraction of sp³-hybridized carbons (Fsp3) is 0.0500. The number of para-hydroxylation sites is 1. The molecule has 2 heterocycles. The average molecular weight is 407 g/mol. The Hall–Kier alpha value is -3.78. The van der Waals surface area contributed by atoms with E-state index in [4.69, 9.17) is 11.6 Å². The minimum atomic E-state index is -0.529. The summed E-state index contributed by atoms with van der Waals surface area (Å²) in [6, 6.07) is 14.6. The Morgan fingerprint density at radius 1 is 1.00 bits per heavy atom.